The largest absolute Gasteiger partial charge is 0.465 e. The predicted molar refractivity (Wildman–Crippen MR) is 51.1 cm³/mol. The van der Waals surface area contributed by atoms with Crippen LogP contribution in [0.1, 0.15) is 33.1 Å². The average Bonchev–Trinajstić information content (AvgIpc) is 2.84. The Morgan fingerprint density at radius 2 is 2.15 bits per heavy atom. The third kappa shape index (κ3) is 3.77. The average molecular weight is 185 g/mol. The van der Waals surface area contributed by atoms with Gasteiger partial charge >= 0.3 is 5.97 Å². The molecule has 3 nitrogen and oxygen atoms in total. The van der Waals surface area contributed by atoms with Gasteiger partial charge in [0.1, 0.15) is 6.04 Å². The highest BCUT2D eigenvalue weighted by Gasteiger charge is 2.34. The lowest BCUT2D eigenvalue weighted by Crippen LogP contribution is -2.34. The Morgan fingerprint density at radius 1 is 1.54 bits per heavy atom. The molecule has 0 aromatic rings. The van der Waals surface area contributed by atoms with E-state index in [1.807, 2.05) is 0 Å². The molecule has 1 aliphatic rings. The summed E-state index contributed by atoms with van der Waals surface area (Å²) in [6.45, 7) is 4.72. The van der Waals surface area contributed by atoms with Gasteiger partial charge < -0.3 is 10.5 Å². The molecule has 76 valence electrons. The molecule has 0 radical (unpaired) electrons. The summed E-state index contributed by atoms with van der Waals surface area (Å²) in [6.07, 6.45) is 3.09. The summed E-state index contributed by atoms with van der Waals surface area (Å²) in [5.41, 5.74) is 5.66. The van der Waals surface area contributed by atoms with E-state index in [2.05, 4.69) is 13.8 Å². The maximum Gasteiger partial charge on any atom is 0.323 e. The molecule has 13 heavy (non-hydrogen) atoms. The SMILES string of the molecule is CC(C)CCOC(=O)C(N)C1CC1. The van der Waals surface area contributed by atoms with Crippen molar-refractivity contribution in [1.29, 1.82) is 0 Å². The number of carbonyl (C=O) groups is 1. The van der Waals surface area contributed by atoms with Crippen molar-refractivity contribution >= 4 is 5.97 Å². The minimum absolute atomic E-state index is 0.219. The quantitative estimate of drug-likeness (QED) is 0.657. The first-order valence-electron chi connectivity index (χ1n) is 5.03. The fraction of sp³-hybridized carbons (Fsp3) is 0.900. The lowest BCUT2D eigenvalue weighted by atomic mass is 10.1. The molecule has 1 atom stereocenters. The first kappa shape index (κ1) is 10.5. The summed E-state index contributed by atoms with van der Waals surface area (Å²) in [6, 6.07) is -0.368. The first-order chi connectivity index (χ1) is 6.11. The smallest absolute Gasteiger partial charge is 0.323 e. The molecule has 1 fully saturated rings. The molecule has 3 heteroatoms. The van der Waals surface area contributed by atoms with Crippen molar-refractivity contribution < 1.29 is 9.53 Å². The Morgan fingerprint density at radius 3 is 2.62 bits per heavy atom. The molecule has 0 amide bonds. The Balaban J connectivity index is 2.09. The third-order valence-electron chi connectivity index (χ3n) is 2.34. The van der Waals surface area contributed by atoms with Gasteiger partial charge in [-0.2, -0.15) is 0 Å². The molecule has 0 aliphatic heterocycles. The fourth-order valence-corrected chi connectivity index (χ4v) is 1.14. The standard InChI is InChI=1S/C10H19NO2/c1-7(2)5-6-13-10(12)9(11)8-3-4-8/h7-9H,3-6,11H2,1-2H3. The van der Waals surface area contributed by atoms with Crippen molar-refractivity contribution in [1.82, 2.24) is 0 Å². The molecule has 0 heterocycles. The highest BCUT2D eigenvalue weighted by atomic mass is 16.5. The first-order valence-corrected chi connectivity index (χ1v) is 5.03. The highest BCUT2D eigenvalue weighted by molar-refractivity contribution is 5.76. The summed E-state index contributed by atoms with van der Waals surface area (Å²) in [5.74, 6) is 0.750. The van der Waals surface area contributed by atoms with E-state index >= 15 is 0 Å². The number of hydrogen-bond acceptors (Lipinski definition) is 3. The van der Waals surface area contributed by atoms with Crippen LogP contribution in [0.2, 0.25) is 0 Å². The van der Waals surface area contributed by atoms with Gasteiger partial charge in [0, 0.05) is 0 Å². The lowest BCUT2D eigenvalue weighted by Gasteiger charge is -2.11. The molecule has 0 bridgehead atoms. The summed E-state index contributed by atoms with van der Waals surface area (Å²) in [4.78, 5) is 11.3. The van der Waals surface area contributed by atoms with Crippen LogP contribution in [0.3, 0.4) is 0 Å². The van der Waals surface area contributed by atoms with E-state index in [1.54, 1.807) is 0 Å². The van der Waals surface area contributed by atoms with Gasteiger partial charge in [-0.05, 0) is 31.1 Å². The monoisotopic (exact) mass is 185 g/mol. The molecule has 1 saturated carbocycles. The van der Waals surface area contributed by atoms with Crippen LogP contribution in [0.5, 0.6) is 0 Å². The number of hydrogen-bond donors (Lipinski definition) is 1. The minimum atomic E-state index is -0.368. The topological polar surface area (TPSA) is 52.3 Å². The van der Waals surface area contributed by atoms with Crippen molar-refractivity contribution in [3.8, 4) is 0 Å². The van der Waals surface area contributed by atoms with Crippen LogP contribution in [0, 0.1) is 11.8 Å². The van der Waals surface area contributed by atoms with Gasteiger partial charge in [0.2, 0.25) is 0 Å². The summed E-state index contributed by atoms with van der Waals surface area (Å²) in [7, 11) is 0. The summed E-state index contributed by atoms with van der Waals surface area (Å²) in [5, 5.41) is 0. The second-order valence-corrected chi connectivity index (χ2v) is 4.21. The Hall–Kier alpha value is -0.570. The molecule has 1 rings (SSSR count). The Labute approximate surface area is 79.6 Å². The van der Waals surface area contributed by atoms with E-state index in [1.165, 1.54) is 0 Å². The molecule has 1 unspecified atom stereocenters. The van der Waals surface area contributed by atoms with Gasteiger partial charge in [-0.15, -0.1) is 0 Å². The van der Waals surface area contributed by atoms with Crippen molar-refractivity contribution in [2.24, 2.45) is 17.6 Å². The Kier molecular flexibility index (Phi) is 3.72. The van der Waals surface area contributed by atoms with Crippen LogP contribution in [-0.2, 0) is 9.53 Å². The van der Waals surface area contributed by atoms with Crippen LogP contribution in [0.15, 0.2) is 0 Å². The van der Waals surface area contributed by atoms with Crippen molar-refractivity contribution in [3.63, 3.8) is 0 Å². The second-order valence-electron chi connectivity index (χ2n) is 4.21. The predicted octanol–water partition coefficient (Wildman–Crippen LogP) is 1.31. The van der Waals surface area contributed by atoms with E-state index in [4.69, 9.17) is 10.5 Å². The lowest BCUT2D eigenvalue weighted by molar-refractivity contribution is -0.146. The van der Waals surface area contributed by atoms with Gasteiger partial charge in [-0.25, -0.2) is 0 Å². The van der Waals surface area contributed by atoms with Gasteiger partial charge in [0.25, 0.3) is 0 Å². The van der Waals surface area contributed by atoms with E-state index < -0.39 is 0 Å². The number of nitrogens with two attached hydrogens (primary N) is 1. The molecule has 1 aliphatic carbocycles. The second kappa shape index (κ2) is 4.61. The van der Waals surface area contributed by atoms with Crippen molar-refractivity contribution in [3.05, 3.63) is 0 Å². The van der Waals surface area contributed by atoms with Crippen LogP contribution in [-0.4, -0.2) is 18.6 Å². The number of rotatable bonds is 5. The normalized spacial score (nSPS) is 18.8. The van der Waals surface area contributed by atoms with Gasteiger partial charge in [0.15, 0.2) is 0 Å². The molecular weight excluding hydrogens is 166 g/mol. The summed E-state index contributed by atoms with van der Waals surface area (Å²) < 4.78 is 5.05. The molecule has 0 aromatic heterocycles. The molecule has 0 saturated heterocycles. The zero-order valence-corrected chi connectivity index (χ0v) is 8.45. The molecule has 0 aromatic carbocycles. The van der Waals surface area contributed by atoms with Gasteiger partial charge in [-0.1, -0.05) is 13.8 Å². The Bertz CT molecular complexity index is 176. The zero-order valence-electron chi connectivity index (χ0n) is 8.45. The number of carbonyl (C=O) groups excluding carboxylic acids is 1. The zero-order chi connectivity index (χ0) is 9.84. The van der Waals surface area contributed by atoms with Crippen LogP contribution < -0.4 is 5.73 Å². The van der Waals surface area contributed by atoms with E-state index in [0.29, 0.717) is 18.4 Å². The maximum absolute atomic E-state index is 11.3. The van der Waals surface area contributed by atoms with E-state index in [9.17, 15) is 4.79 Å². The van der Waals surface area contributed by atoms with Gasteiger partial charge in [0.05, 0.1) is 6.61 Å². The molecular formula is C10H19NO2. The number of esters is 1. The van der Waals surface area contributed by atoms with Crippen LogP contribution >= 0.6 is 0 Å². The summed E-state index contributed by atoms with van der Waals surface area (Å²) >= 11 is 0. The molecule has 2 N–H and O–H groups in total. The van der Waals surface area contributed by atoms with Crippen molar-refractivity contribution in [2.45, 2.75) is 39.2 Å². The van der Waals surface area contributed by atoms with Crippen molar-refractivity contribution in [2.75, 3.05) is 6.61 Å². The van der Waals surface area contributed by atoms with Crippen LogP contribution in [0.4, 0.5) is 0 Å². The fourth-order valence-electron chi connectivity index (χ4n) is 1.14. The molecule has 0 spiro atoms. The van der Waals surface area contributed by atoms with E-state index in [0.717, 1.165) is 19.3 Å². The van der Waals surface area contributed by atoms with Gasteiger partial charge in [-0.3, -0.25) is 4.79 Å². The third-order valence-corrected chi connectivity index (χ3v) is 2.34. The minimum Gasteiger partial charge on any atom is -0.465 e. The van der Waals surface area contributed by atoms with E-state index in [-0.39, 0.29) is 12.0 Å². The van der Waals surface area contributed by atoms with Crippen LogP contribution in [0.25, 0.3) is 0 Å². The highest BCUT2D eigenvalue weighted by Crippen LogP contribution is 2.31. The maximum atomic E-state index is 11.3. The number of ether oxygens (including phenoxy) is 1.